The van der Waals surface area contributed by atoms with Crippen LogP contribution in [0, 0.1) is 5.92 Å². The van der Waals surface area contributed by atoms with E-state index in [1.807, 2.05) is 24.3 Å². The number of carbonyl (C=O) groups excluding carboxylic acids is 2. The van der Waals surface area contributed by atoms with Crippen LogP contribution in [0.15, 0.2) is 52.7 Å². The van der Waals surface area contributed by atoms with Crippen molar-refractivity contribution in [3.63, 3.8) is 0 Å². The van der Waals surface area contributed by atoms with Crippen LogP contribution in [0.2, 0.25) is 0 Å². The number of nitrogens with zero attached hydrogens (tertiary/aromatic N) is 1. The second-order valence-corrected chi connectivity index (χ2v) is 9.48. The van der Waals surface area contributed by atoms with Crippen molar-refractivity contribution in [3.8, 4) is 23.0 Å². The molecule has 0 spiro atoms. The molecule has 4 rings (SSSR count). The molecule has 9 heteroatoms. The van der Waals surface area contributed by atoms with Crippen molar-refractivity contribution in [2.24, 2.45) is 10.9 Å². The molecule has 2 aliphatic rings. The molecule has 2 aromatic rings. The van der Waals surface area contributed by atoms with Gasteiger partial charge in [-0.1, -0.05) is 6.07 Å². The van der Waals surface area contributed by atoms with E-state index in [9.17, 15) is 9.59 Å². The van der Waals surface area contributed by atoms with Gasteiger partial charge in [0.2, 0.25) is 0 Å². The lowest BCUT2D eigenvalue weighted by molar-refractivity contribution is -0.147. The van der Waals surface area contributed by atoms with Gasteiger partial charge in [-0.3, -0.25) is 14.6 Å². The summed E-state index contributed by atoms with van der Waals surface area (Å²) < 4.78 is 32.6. The number of allylic oxidation sites excluding steroid dienone is 2. The number of rotatable bonds is 10. The van der Waals surface area contributed by atoms with E-state index in [1.54, 1.807) is 47.5 Å². The van der Waals surface area contributed by atoms with E-state index in [1.165, 1.54) is 7.11 Å². The van der Waals surface area contributed by atoms with Crippen LogP contribution in [0.3, 0.4) is 0 Å². The summed E-state index contributed by atoms with van der Waals surface area (Å²) >= 11 is 0. The van der Waals surface area contributed by atoms with Gasteiger partial charge in [0, 0.05) is 42.0 Å². The molecule has 0 fully saturated rings. The lowest BCUT2D eigenvalue weighted by atomic mass is 9.69. The summed E-state index contributed by atoms with van der Waals surface area (Å²) in [6, 6.07) is 11.1. The van der Waals surface area contributed by atoms with Crippen molar-refractivity contribution in [1.82, 2.24) is 0 Å². The summed E-state index contributed by atoms with van der Waals surface area (Å²) in [5, 5.41) is 0. The minimum Gasteiger partial charge on any atom is -0.497 e. The lowest BCUT2D eigenvalue weighted by Crippen LogP contribution is -2.38. The highest BCUT2D eigenvalue weighted by atomic mass is 16.6. The van der Waals surface area contributed by atoms with Crippen molar-refractivity contribution in [2.45, 2.75) is 31.6 Å². The molecule has 0 saturated heterocycles. The Morgan fingerprint density at radius 3 is 2.26 bits per heavy atom. The van der Waals surface area contributed by atoms with Crippen molar-refractivity contribution in [1.29, 1.82) is 0 Å². The van der Waals surface area contributed by atoms with Crippen LogP contribution >= 0.6 is 0 Å². The maximum Gasteiger partial charge on any atom is 0.315 e. The largest absolute Gasteiger partial charge is 0.497 e. The van der Waals surface area contributed by atoms with Crippen LogP contribution in [0.25, 0.3) is 0 Å². The van der Waals surface area contributed by atoms with Gasteiger partial charge in [0.05, 0.1) is 35.0 Å². The first-order chi connectivity index (χ1) is 18.9. The molecule has 0 radical (unpaired) electrons. The quantitative estimate of drug-likeness (QED) is 0.323. The Morgan fingerprint density at radius 1 is 0.872 bits per heavy atom. The summed E-state index contributed by atoms with van der Waals surface area (Å²) in [5.41, 5.74) is 3.38. The summed E-state index contributed by atoms with van der Waals surface area (Å²) in [4.78, 5) is 32.2. The third-order valence-corrected chi connectivity index (χ3v) is 7.33. The molecule has 0 amide bonds. The molecule has 9 nitrogen and oxygen atoms in total. The monoisotopic (exact) mass is 537 g/mol. The average Bonchev–Trinajstić information content (AvgIpc) is 2.95. The first-order valence-corrected chi connectivity index (χ1v) is 12.8. The third-order valence-electron chi connectivity index (χ3n) is 7.33. The molecule has 39 heavy (non-hydrogen) atoms. The number of benzene rings is 2. The van der Waals surface area contributed by atoms with Gasteiger partial charge in [-0.2, -0.15) is 0 Å². The zero-order valence-corrected chi connectivity index (χ0v) is 23.2. The SMILES string of the molecule is COCCOC(=O)C1C(C)=NC2=C(C(=O)C[C@@H](c3ccc(OC)c(OC)c3)C2)[C@H]1c1cc(OC)ccc1OC. The Labute approximate surface area is 228 Å². The van der Waals surface area contributed by atoms with Gasteiger partial charge >= 0.3 is 5.97 Å². The van der Waals surface area contributed by atoms with Crippen LogP contribution in [0.1, 0.15) is 42.7 Å². The number of methoxy groups -OCH3 is 5. The van der Waals surface area contributed by atoms with E-state index in [0.717, 1.165) is 5.56 Å². The fraction of sp³-hybridized carbons (Fsp3) is 0.433. The Balaban J connectivity index is 1.81. The molecule has 2 aromatic carbocycles. The summed E-state index contributed by atoms with van der Waals surface area (Å²) in [6.07, 6.45) is 0.791. The lowest BCUT2D eigenvalue weighted by Gasteiger charge is -2.37. The van der Waals surface area contributed by atoms with Crippen molar-refractivity contribution in [3.05, 3.63) is 58.8 Å². The van der Waals surface area contributed by atoms with E-state index in [-0.39, 0.29) is 31.3 Å². The van der Waals surface area contributed by atoms with E-state index >= 15 is 0 Å². The summed E-state index contributed by atoms with van der Waals surface area (Å²) in [7, 11) is 7.84. The van der Waals surface area contributed by atoms with Gasteiger partial charge in [0.1, 0.15) is 24.0 Å². The van der Waals surface area contributed by atoms with Gasteiger partial charge in [-0.15, -0.1) is 0 Å². The second-order valence-electron chi connectivity index (χ2n) is 9.48. The second kappa shape index (κ2) is 12.3. The molecule has 0 saturated carbocycles. The predicted molar refractivity (Wildman–Crippen MR) is 145 cm³/mol. The number of hydrogen-bond acceptors (Lipinski definition) is 9. The number of ketones is 1. The fourth-order valence-corrected chi connectivity index (χ4v) is 5.44. The standard InChI is InChI=1S/C30H35NO8/c1-17-27(30(33)39-12-11-34-2)28(21-16-20(35-3)8-10-24(21)36-4)29-22(31-17)13-19(14-23(29)32)18-7-9-25(37-5)26(15-18)38-6/h7-10,15-16,19,27-28H,11-14H2,1-6H3/t19-,27?,28-/m0/s1. The van der Waals surface area contributed by atoms with Crippen molar-refractivity contribution < 1.29 is 38.0 Å². The van der Waals surface area contributed by atoms with E-state index < -0.39 is 17.8 Å². The fourth-order valence-electron chi connectivity index (χ4n) is 5.44. The highest BCUT2D eigenvalue weighted by Crippen LogP contribution is 2.49. The Kier molecular flexibility index (Phi) is 8.91. The minimum absolute atomic E-state index is 0.0724. The summed E-state index contributed by atoms with van der Waals surface area (Å²) in [5.74, 6) is 0.267. The Hall–Kier alpha value is -3.85. The number of aliphatic imine (C=N–C) groups is 1. The maximum absolute atomic E-state index is 13.9. The topological polar surface area (TPSA) is 102 Å². The highest BCUT2D eigenvalue weighted by molar-refractivity contribution is 6.09. The van der Waals surface area contributed by atoms with Gasteiger partial charge in [0.15, 0.2) is 17.3 Å². The van der Waals surface area contributed by atoms with E-state index in [4.69, 9.17) is 33.4 Å². The first-order valence-electron chi connectivity index (χ1n) is 12.8. The minimum atomic E-state index is -0.803. The number of Topliss-reactive ketones (excluding diaryl/α,β-unsaturated/α-hetero) is 1. The molecule has 1 aliphatic heterocycles. The number of ether oxygens (including phenoxy) is 6. The van der Waals surface area contributed by atoms with Crippen LogP contribution < -0.4 is 18.9 Å². The Bertz CT molecular complexity index is 1300. The molecular formula is C30H35NO8. The molecule has 0 bridgehead atoms. The molecule has 1 unspecified atom stereocenters. The van der Waals surface area contributed by atoms with Crippen molar-refractivity contribution in [2.75, 3.05) is 48.8 Å². The molecule has 1 aliphatic carbocycles. The summed E-state index contributed by atoms with van der Waals surface area (Å²) in [6.45, 7) is 2.17. The number of carbonyl (C=O) groups is 2. The predicted octanol–water partition coefficient (Wildman–Crippen LogP) is 4.49. The molecule has 0 N–H and O–H groups in total. The van der Waals surface area contributed by atoms with E-state index in [0.29, 0.717) is 52.0 Å². The van der Waals surface area contributed by atoms with Crippen molar-refractivity contribution >= 4 is 17.5 Å². The number of esters is 1. The van der Waals surface area contributed by atoms with Gasteiger partial charge in [-0.25, -0.2) is 0 Å². The Morgan fingerprint density at radius 2 is 1.59 bits per heavy atom. The van der Waals surface area contributed by atoms with Crippen LogP contribution in [0.5, 0.6) is 23.0 Å². The van der Waals surface area contributed by atoms with Crippen LogP contribution in [-0.4, -0.2) is 66.2 Å². The molecule has 3 atom stereocenters. The maximum atomic E-state index is 13.9. The van der Waals surface area contributed by atoms with Gasteiger partial charge < -0.3 is 28.4 Å². The molecule has 1 heterocycles. The zero-order valence-electron chi connectivity index (χ0n) is 23.2. The van der Waals surface area contributed by atoms with Gasteiger partial charge in [0.25, 0.3) is 0 Å². The molecule has 0 aromatic heterocycles. The zero-order chi connectivity index (χ0) is 28.1. The average molecular weight is 538 g/mol. The van der Waals surface area contributed by atoms with Crippen LogP contribution in [0.4, 0.5) is 0 Å². The normalized spacial score (nSPS) is 20.6. The first kappa shape index (κ1) is 28.2. The van der Waals surface area contributed by atoms with Gasteiger partial charge in [-0.05, 0) is 55.2 Å². The highest BCUT2D eigenvalue weighted by Gasteiger charge is 2.46. The third kappa shape index (κ3) is 5.63. The molecule has 208 valence electrons. The number of hydrogen-bond donors (Lipinski definition) is 0. The molecular weight excluding hydrogens is 502 g/mol. The van der Waals surface area contributed by atoms with E-state index in [2.05, 4.69) is 0 Å². The smallest absolute Gasteiger partial charge is 0.315 e. The van der Waals surface area contributed by atoms with Crippen LogP contribution in [-0.2, 0) is 19.1 Å².